The van der Waals surface area contributed by atoms with Crippen LogP contribution in [0.4, 0.5) is 0 Å². The van der Waals surface area contributed by atoms with Gasteiger partial charge in [0.05, 0.1) is 14.2 Å². The van der Waals surface area contributed by atoms with Gasteiger partial charge in [0, 0.05) is 5.56 Å². The van der Waals surface area contributed by atoms with E-state index in [0.717, 1.165) is 11.1 Å². The predicted octanol–water partition coefficient (Wildman–Crippen LogP) is 3.08. The average molecular weight is 230 g/mol. The molecule has 2 aromatic carbocycles. The number of phenolic OH excluding ortho intramolecular Hbond substituents is 1. The number of hydrogen-bond donors (Lipinski definition) is 1. The van der Waals surface area contributed by atoms with Gasteiger partial charge in [-0.15, -0.1) is 0 Å². The summed E-state index contributed by atoms with van der Waals surface area (Å²) in [6, 6.07) is 13.2. The van der Waals surface area contributed by atoms with Crippen LogP contribution < -0.4 is 9.47 Å². The lowest BCUT2D eigenvalue weighted by Crippen LogP contribution is -1.93. The first-order valence-corrected chi connectivity index (χ1v) is 5.27. The van der Waals surface area contributed by atoms with Gasteiger partial charge in [-0.2, -0.15) is 0 Å². The van der Waals surface area contributed by atoms with E-state index in [4.69, 9.17) is 9.47 Å². The molecule has 0 saturated carbocycles. The van der Waals surface area contributed by atoms with Crippen molar-refractivity contribution in [2.75, 3.05) is 14.2 Å². The van der Waals surface area contributed by atoms with Crippen molar-refractivity contribution < 1.29 is 14.6 Å². The molecule has 0 radical (unpaired) electrons. The van der Waals surface area contributed by atoms with Gasteiger partial charge in [0.15, 0.2) is 11.5 Å². The maximum Gasteiger partial charge on any atom is 0.203 e. The van der Waals surface area contributed by atoms with Gasteiger partial charge in [-0.3, -0.25) is 0 Å². The fraction of sp³-hybridized carbons (Fsp3) is 0.143. The SMILES string of the molecule is COc1c(O)ccc(-c2ccccc2)c1OC. The molecule has 0 aromatic heterocycles. The van der Waals surface area contributed by atoms with Crippen molar-refractivity contribution in [3.8, 4) is 28.4 Å². The van der Waals surface area contributed by atoms with Crippen LogP contribution in [-0.2, 0) is 0 Å². The highest BCUT2D eigenvalue weighted by atomic mass is 16.5. The molecule has 3 heteroatoms. The molecule has 0 unspecified atom stereocenters. The standard InChI is InChI=1S/C14H14O3/c1-16-13-11(10-6-4-3-5-7-10)8-9-12(15)14(13)17-2/h3-9,15H,1-2H3. The summed E-state index contributed by atoms with van der Waals surface area (Å²) < 4.78 is 10.5. The first-order valence-electron chi connectivity index (χ1n) is 5.27. The fourth-order valence-electron chi connectivity index (χ4n) is 1.80. The second-order valence-electron chi connectivity index (χ2n) is 3.56. The van der Waals surface area contributed by atoms with Gasteiger partial charge in [-0.05, 0) is 17.7 Å². The first-order chi connectivity index (χ1) is 8.27. The normalized spacial score (nSPS) is 10.0. The zero-order chi connectivity index (χ0) is 12.3. The number of methoxy groups -OCH3 is 2. The molecule has 2 aromatic rings. The summed E-state index contributed by atoms with van der Waals surface area (Å²) in [6.07, 6.45) is 0. The van der Waals surface area contributed by atoms with Crippen LogP contribution >= 0.6 is 0 Å². The highest BCUT2D eigenvalue weighted by molar-refractivity contribution is 5.76. The molecule has 0 saturated heterocycles. The molecule has 17 heavy (non-hydrogen) atoms. The quantitative estimate of drug-likeness (QED) is 0.880. The van der Waals surface area contributed by atoms with Gasteiger partial charge in [0.25, 0.3) is 0 Å². The Labute approximate surface area is 100 Å². The summed E-state index contributed by atoms with van der Waals surface area (Å²) in [5.74, 6) is 0.969. The van der Waals surface area contributed by atoms with E-state index >= 15 is 0 Å². The number of phenols is 1. The number of aromatic hydroxyl groups is 1. The van der Waals surface area contributed by atoms with E-state index in [1.165, 1.54) is 7.11 Å². The maximum atomic E-state index is 9.69. The summed E-state index contributed by atoms with van der Waals surface area (Å²) in [7, 11) is 3.07. The molecule has 0 bridgehead atoms. The van der Waals surface area contributed by atoms with E-state index in [1.807, 2.05) is 36.4 Å². The molecule has 0 heterocycles. The van der Waals surface area contributed by atoms with Crippen molar-refractivity contribution in [2.45, 2.75) is 0 Å². The van der Waals surface area contributed by atoms with Gasteiger partial charge in [0.2, 0.25) is 5.75 Å². The van der Waals surface area contributed by atoms with Crippen molar-refractivity contribution in [3.05, 3.63) is 42.5 Å². The maximum absolute atomic E-state index is 9.69. The number of ether oxygens (including phenoxy) is 2. The summed E-state index contributed by atoms with van der Waals surface area (Å²) in [5.41, 5.74) is 1.91. The third-order valence-corrected chi connectivity index (χ3v) is 2.58. The third-order valence-electron chi connectivity index (χ3n) is 2.58. The lowest BCUT2D eigenvalue weighted by atomic mass is 10.0. The van der Waals surface area contributed by atoms with Crippen molar-refractivity contribution in [3.63, 3.8) is 0 Å². The molecular formula is C14H14O3. The lowest BCUT2D eigenvalue weighted by Gasteiger charge is -2.13. The molecule has 0 fully saturated rings. The van der Waals surface area contributed by atoms with Crippen LogP contribution in [0, 0.1) is 0 Å². The summed E-state index contributed by atoms with van der Waals surface area (Å²) in [5, 5.41) is 9.69. The topological polar surface area (TPSA) is 38.7 Å². The van der Waals surface area contributed by atoms with Gasteiger partial charge < -0.3 is 14.6 Å². The molecule has 0 aliphatic rings. The smallest absolute Gasteiger partial charge is 0.203 e. The van der Waals surface area contributed by atoms with Crippen LogP contribution in [0.15, 0.2) is 42.5 Å². The minimum Gasteiger partial charge on any atom is -0.504 e. The Morgan fingerprint density at radius 1 is 0.824 bits per heavy atom. The Bertz CT molecular complexity index is 506. The average Bonchev–Trinajstić information content (AvgIpc) is 2.39. The van der Waals surface area contributed by atoms with E-state index in [0.29, 0.717) is 11.5 Å². The van der Waals surface area contributed by atoms with E-state index in [9.17, 15) is 5.11 Å². The molecule has 1 N–H and O–H groups in total. The van der Waals surface area contributed by atoms with E-state index < -0.39 is 0 Å². The fourth-order valence-corrected chi connectivity index (χ4v) is 1.80. The largest absolute Gasteiger partial charge is 0.504 e. The zero-order valence-corrected chi connectivity index (χ0v) is 9.81. The van der Waals surface area contributed by atoms with Crippen LogP contribution in [0.5, 0.6) is 17.2 Å². The van der Waals surface area contributed by atoms with Gasteiger partial charge in [0.1, 0.15) is 0 Å². The highest BCUT2D eigenvalue weighted by Crippen LogP contribution is 2.43. The summed E-state index contributed by atoms with van der Waals surface area (Å²) in [4.78, 5) is 0. The van der Waals surface area contributed by atoms with Crippen molar-refractivity contribution in [1.82, 2.24) is 0 Å². The molecule has 0 aliphatic heterocycles. The minimum atomic E-state index is 0.0732. The molecule has 88 valence electrons. The van der Waals surface area contributed by atoms with E-state index in [1.54, 1.807) is 13.2 Å². The van der Waals surface area contributed by atoms with Crippen molar-refractivity contribution in [2.24, 2.45) is 0 Å². The van der Waals surface area contributed by atoms with Crippen molar-refractivity contribution >= 4 is 0 Å². The zero-order valence-electron chi connectivity index (χ0n) is 9.81. The van der Waals surface area contributed by atoms with Gasteiger partial charge in [-0.25, -0.2) is 0 Å². The van der Waals surface area contributed by atoms with Crippen LogP contribution in [-0.4, -0.2) is 19.3 Å². The van der Waals surface area contributed by atoms with Crippen LogP contribution in [0.25, 0.3) is 11.1 Å². The number of benzene rings is 2. The Balaban J connectivity index is 2.63. The molecule has 0 aliphatic carbocycles. The Morgan fingerprint density at radius 3 is 2.06 bits per heavy atom. The second kappa shape index (κ2) is 4.78. The number of rotatable bonds is 3. The monoisotopic (exact) mass is 230 g/mol. The van der Waals surface area contributed by atoms with Crippen LogP contribution in [0.1, 0.15) is 0 Å². The van der Waals surface area contributed by atoms with Crippen LogP contribution in [0.2, 0.25) is 0 Å². The molecule has 0 amide bonds. The molecule has 3 nitrogen and oxygen atoms in total. The molecule has 0 atom stereocenters. The molecule has 2 rings (SSSR count). The predicted molar refractivity (Wildman–Crippen MR) is 66.6 cm³/mol. The van der Waals surface area contributed by atoms with Gasteiger partial charge >= 0.3 is 0 Å². The summed E-state index contributed by atoms with van der Waals surface area (Å²) in [6.45, 7) is 0. The van der Waals surface area contributed by atoms with Crippen LogP contribution in [0.3, 0.4) is 0 Å². The summed E-state index contributed by atoms with van der Waals surface area (Å²) >= 11 is 0. The lowest BCUT2D eigenvalue weighted by molar-refractivity contribution is 0.334. The molecular weight excluding hydrogens is 216 g/mol. The second-order valence-corrected chi connectivity index (χ2v) is 3.56. The van der Waals surface area contributed by atoms with Crippen molar-refractivity contribution in [1.29, 1.82) is 0 Å². The third kappa shape index (κ3) is 2.04. The Kier molecular flexibility index (Phi) is 3.19. The highest BCUT2D eigenvalue weighted by Gasteiger charge is 2.15. The minimum absolute atomic E-state index is 0.0732. The Morgan fingerprint density at radius 2 is 1.47 bits per heavy atom. The number of hydrogen-bond acceptors (Lipinski definition) is 3. The van der Waals surface area contributed by atoms with E-state index in [2.05, 4.69) is 0 Å². The first kappa shape index (κ1) is 11.3. The Hall–Kier alpha value is -2.16. The van der Waals surface area contributed by atoms with Gasteiger partial charge in [-0.1, -0.05) is 30.3 Å². The van der Waals surface area contributed by atoms with E-state index in [-0.39, 0.29) is 5.75 Å². The molecule has 0 spiro atoms.